The van der Waals surface area contributed by atoms with Crippen molar-refractivity contribution < 1.29 is 24.5 Å². The van der Waals surface area contributed by atoms with Gasteiger partial charge in [0, 0.05) is 49.4 Å². The van der Waals surface area contributed by atoms with Gasteiger partial charge < -0.3 is 45.4 Å². The quantitative estimate of drug-likeness (QED) is 0.104. The minimum atomic E-state index is -0.406. The first kappa shape index (κ1) is 33.7. The van der Waals surface area contributed by atoms with Crippen molar-refractivity contribution in [1.82, 2.24) is 20.9 Å². The molecule has 0 aliphatic rings. The van der Waals surface area contributed by atoms with Crippen molar-refractivity contribution in [2.24, 2.45) is 0 Å². The molecule has 0 saturated heterocycles. The van der Waals surface area contributed by atoms with Gasteiger partial charge in [0.2, 0.25) is 0 Å². The average molecular weight is 585 g/mol. The molecule has 0 aliphatic heterocycles. The molecule has 7 N–H and O–H groups in total. The van der Waals surface area contributed by atoms with E-state index in [9.17, 15) is 15.3 Å². The zero-order valence-electron chi connectivity index (χ0n) is 26.0. The summed E-state index contributed by atoms with van der Waals surface area (Å²) in [7, 11) is 1.93. The molecule has 4 unspecified atom stereocenters. The fourth-order valence-corrected chi connectivity index (χ4v) is 5.20. The molecule has 0 saturated carbocycles. The number of aromatic hydroxyl groups is 1. The summed E-state index contributed by atoms with van der Waals surface area (Å²) in [6, 6.07) is 9.68. The second kappa shape index (κ2) is 17.3. The van der Waals surface area contributed by atoms with Crippen molar-refractivity contribution in [2.45, 2.75) is 90.5 Å². The largest absolute Gasteiger partial charge is 0.504 e. The molecule has 3 aromatic rings. The van der Waals surface area contributed by atoms with Crippen LogP contribution in [0.3, 0.4) is 0 Å². The molecule has 4 atom stereocenters. The normalized spacial score (nSPS) is 14.5. The molecule has 234 valence electrons. The van der Waals surface area contributed by atoms with Crippen LogP contribution < -0.4 is 20.7 Å². The number of likely N-dealkylation sites (N-methyl/N-ethyl adjacent to an activating group) is 2. The van der Waals surface area contributed by atoms with Gasteiger partial charge >= 0.3 is 0 Å². The number of hydrogen-bond acceptors (Lipinski definition) is 8. The third-order valence-corrected chi connectivity index (χ3v) is 7.75. The monoisotopic (exact) mass is 584 g/mol. The average Bonchev–Trinajstić information content (AvgIpc) is 3.63. The number of aliphatic hydroxyl groups excluding tert-OH is 2. The molecule has 0 spiro atoms. The van der Waals surface area contributed by atoms with Crippen molar-refractivity contribution in [3.63, 3.8) is 0 Å². The van der Waals surface area contributed by atoms with Crippen LogP contribution in [-0.4, -0.2) is 65.7 Å². The third kappa shape index (κ3) is 9.88. The maximum Gasteiger partial charge on any atom is 0.161 e. The Balaban J connectivity index is 1.65. The minimum Gasteiger partial charge on any atom is -0.504 e. The summed E-state index contributed by atoms with van der Waals surface area (Å²) in [5.41, 5.74) is 4.11. The van der Waals surface area contributed by atoms with Gasteiger partial charge in [0.05, 0.1) is 18.8 Å². The van der Waals surface area contributed by atoms with Gasteiger partial charge in [-0.3, -0.25) is 0 Å². The summed E-state index contributed by atoms with van der Waals surface area (Å²) in [5, 5.41) is 40.2. The van der Waals surface area contributed by atoms with Crippen LogP contribution in [0.15, 0.2) is 40.9 Å². The van der Waals surface area contributed by atoms with Crippen LogP contribution in [-0.2, 0) is 25.9 Å². The van der Waals surface area contributed by atoms with E-state index < -0.39 is 6.10 Å². The maximum absolute atomic E-state index is 10.5. The van der Waals surface area contributed by atoms with E-state index in [4.69, 9.17) is 9.15 Å². The van der Waals surface area contributed by atoms with E-state index in [2.05, 4.69) is 47.8 Å². The molecule has 9 heteroatoms. The molecule has 2 heterocycles. The molecule has 0 fully saturated rings. The highest BCUT2D eigenvalue weighted by molar-refractivity contribution is 5.42. The van der Waals surface area contributed by atoms with E-state index in [0.717, 1.165) is 67.1 Å². The van der Waals surface area contributed by atoms with Crippen LogP contribution in [0, 0.1) is 0 Å². The number of furan rings is 1. The van der Waals surface area contributed by atoms with E-state index in [1.54, 1.807) is 13.0 Å². The Hall–Kier alpha value is -2.82. The van der Waals surface area contributed by atoms with Gasteiger partial charge in [0.25, 0.3) is 0 Å². The molecule has 0 radical (unpaired) electrons. The number of unbranched alkanes of at least 4 members (excludes halogenated alkanes) is 1. The Morgan fingerprint density at radius 2 is 1.83 bits per heavy atom. The zero-order valence-corrected chi connectivity index (χ0v) is 26.0. The first-order valence-corrected chi connectivity index (χ1v) is 15.4. The number of aliphatic hydroxyl groups is 2. The van der Waals surface area contributed by atoms with Crippen molar-refractivity contribution in [1.29, 1.82) is 0 Å². The van der Waals surface area contributed by atoms with Crippen LogP contribution >= 0.6 is 0 Å². The summed E-state index contributed by atoms with van der Waals surface area (Å²) in [4.78, 5) is 3.43. The number of nitrogens with one attached hydrogen (secondary N) is 4. The second-order valence-corrected chi connectivity index (χ2v) is 11.2. The van der Waals surface area contributed by atoms with Crippen molar-refractivity contribution in [2.75, 3.05) is 33.3 Å². The highest BCUT2D eigenvalue weighted by Gasteiger charge is 2.22. The summed E-state index contributed by atoms with van der Waals surface area (Å²) in [6.07, 6.45) is 6.02. The molecule has 1 aromatic carbocycles. The number of rotatable bonds is 20. The number of aromatic amines is 1. The van der Waals surface area contributed by atoms with Gasteiger partial charge in [-0.25, -0.2) is 0 Å². The number of aromatic nitrogens is 1. The Kier molecular flexibility index (Phi) is 13.9. The molecule has 0 bridgehead atoms. The fourth-order valence-electron chi connectivity index (χ4n) is 5.20. The van der Waals surface area contributed by atoms with Crippen LogP contribution in [0.25, 0.3) is 0 Å². The lowest BCUT2D eigenvalue weighted by atomic mass is 9.94. The SMILES string of the molecule is CCCCc1oc(CCc2ccc(O)c(OCC(NCC)c3cc(C(C)C(CNC)NCC(C)O)c[nH]3)c2)cc1CO. The predicted octanol–water partition coefficient (Wildman–Crippen LogP) is 4.32. The van der Waals surface area contributed by atoms with E-state index in [0.29, 0.717) is 25.3 Å². The molecule has 0 amide bonds. The lowest BCUT2D eigenvalue weighted by Crippen LogP contribution is -2.43. The number of benzene rings is 1. The van der Waals surface area contributed by atoms with E-state index >= 15 is 0 Å². The number of ether oxygens (including phenoxy) is 1. The van der Waals surface area contributed by atoms with Crippen molar-refractivity contribution >= 4 is 0 Å². The second-order valence-electron chi connectivity index (χ2n) is 11.2. The lowest BCUT2D eigenvalue weighted by Gasteiger charge is -2.25. The van der Waals surface area contributed by atoms with Gasteiger partial charge in [-0.2, -0.15) is 0 Å². The van der Waals surface area contributed by atoms with Crippen molar-refractivity contribution in [3.8, 4) is 11.5 Å². The molecular formula is C33H52N4O5. The summed E-state index contributed by atoms with van der Waals surface area (Å²) < 4.78 is 12.2. The zero-order chi connectivity index (χ0) is 30.5. The summed E-state index contributed by atoms with van der Waals surface area (Å²) in [5.74, 6) is 2.52. The van der Waals surface area contributed by atoms with Crippen LogP contribution in [0.5, 0.6) is 11.5 Å². The Labute approximate surface area is 251 Å². The van der Waals surface area contributed by atoms with Gasteiger partial charge in [-0.1, -0.05) is 33.3 Å². The minimum absolute atomic E-state index is 0.00959. The lowest BCUT2D eigenvalue weighted by molar-refractivity contribution is 0.183. The molecular weight excluding hydrogens is 532 g/mol. The molecule has 42 heavy (non-hydrogen) atoms. The number of phenols is 1. The standard InChI is InChI=1S/C33H52N4O5/c1-6-8-9-32-26(20-38)15-27(42-32)12-10-24-11-13-31(40)33(14-24)41-21-30(35-7-2)28-16-25(18-37-28)23(4)29(19-34-5)36-17-22(3)39/h11,13-16,18,22-23,29-30,34-40H,6-10,12,17,19-21H2,1-5H3. The number of aryl methyl sites for hydroxylation is 3. The van der Waals surface area contributed by atoms with Crippen LogP contribution in [0.2, 0.25) is 0 Å². The summed E-state index contributed by atoms with van der Waals surface area (Å²) in [6.45, 7) is 10.6. The van der Waals surface area contributed by atoms with E-state index in [-0.39, 0.29) is 30.4 Å². The van der Waals surface area contributed by atoms with Crippen molar-refractivity contribution in [3.05, 3.63) is 70.4 Å². The molecule has 3 rings (SSSR count). The number of hydrogen-bond donors (Lipinski definition) is 7. The molecule has 9 nitrogen and oxygen atoms in total. The fraction of sp³-hybridized carbons (Fsp3) is 0.576. The predicted molar refractivity (Wildman–Crippen MR) is 167 cm³/mol. The van der Waals surface area contributed by atoms with E-state index in [1.807, 2.05) is 31.4 Å². The number of H-pyrrole nitrogens is 1. The Morgan fingerprint density at radius 3 is 2.52 bits per heavy atom. The van der Waals surface area contributed by atoms with Gasteiger partial charge in [0.15, 0.2) is 11.5 Å². The topological polar surface area (TPSA) is 135 Å². The van der Waals surface area contributed by atoms with Crippen LogP contribution in [0.1, 0.15) is 86.4 Å². The van der Waals surface area contributed by atoms with Gasteiger partial charge in [-0.05, 0) is 74.7 Å². The maximum atomic E-state index is 10.5. The number of phenolic OH excluding ortho intramolecular Hbond substituents is 1. The van der Waals surface area contributed by atoms with E-state index in [1.165, 1.54) is 5.56 Å². The highest BCUT2D eigenvalue weighted by atomic mass is 16.5. The third-order valence-electron chi connectivity index (χ3n) is 7.75. The molecule has 2 aromatic heterocycles. The Morgan fingerprint density at radius 1 is 1.02 bits per heavy atom. The first-order chi connectivity index (χ1) is 20.3. The summed E-state index contributed by atoms with van der Waals surface area (Å²) >= 11 is 0. The van der Waals surface area contributed by atoms with Gasteiger partial charge in [0.1, 0.15) is 18.1 Å². The first-order valence-electron chi connectivity index (χ1n) is 15.4. The Bertz CT molecular complexity index is 1190. The smallest absolute Gasteiger partial charge is 0.161 e. The van der Waals surface area contributed by atoms with Gasteiger partial charge in [-0.15, -0.1) is 0 Å². The highest BCUT2D eigenvalue weighted by Crippen LogP contribution is 2.30. The van der Waals surface area contributed by atoms with Crippen LogP contribution in [0.4, 0.5) is 0 Å². The molecule has 0 aliphatic carbocycles.